The average Bonchev–Trinajstić information content (AvgIpc) is 3.25. The summed E-state index contributed by atoms with van der Waals surface area (Å²) >= 11 is 0. The fourth-order valence-corrected chi connectivity index (χ4v) is 4.26. The first-order valence-electron chi connectivity index (χ1n) is 10.4. The van der Waals surface area contributed by atoms with Crippen molar-refractivity contribution in [2.45, 2.75) is 38.1 Å². The van der Waals surface area contributed by atoms with Gasteiger partial charge in [-0.1, -0.05) is 13.0 Å². The van der Waals surface area contributed by atoms with Crippen LogP contribution in [0.2, 0.25) is 0 Å². The summed E-state index contributed by atoms with van der Waals surface area (Å²) in [4.78, 5) is 0. The van der Waals surface area contributed by atoms with E-state index in [0.717, 1.165) is 12.0 Å². The topological polar surface area (TPSA) is 75.6 Å². The van der Waals surface area contributed by atoms with E-state index in [0.29, 0.717) is 47.3 Å². The molecule has 1 N–H and O–H groups in total. The van der Waals surface area contributed by atoms with Crippen molar-refractivity contribution in [3.63, 3.8) is 0 Å². The van der Waals surface area contributed by atoms with Gasteiger partial charge in [-0.3, -0.25) is 0 Å². The maximum absolute atomic E-state index is 11.4. The minimum absolute atomic E-state index is 0.125. The number of rotatable bonds is 9. The second-order valence-corrected chi connectivity index (χ2v) is 7.53. The van der Waals surface area contributed by atoms with Crippen LogP contribution >= 0.6 is 0 Å². The van der Waals surface area contributed by atoms with Crippen LogP contribution in [0, 0.1) is 0 Å². The Bertz CT molecular complexity index is 890. The van der Waals surface area contributed by atoms with E-state index < -0.39 is 11.9 Å². The van der Waals surface area contributed by atoms with E-state index >= 15 is 0 Å². The first kappa shape index (κ1) is 23.2. The minimum Gasteiger partial charge on any atom is -0.493 e. The van der Waals surface area contributed by atoms with Gasteiger partial charge in [0, 0.05) is 5.92 Å². The summed E-state index contributed by atoms with van der Waals surface area (Å²) in [5.74, 6) is 1.34. The molecule has 0 radical (unpaired) electrons. The molecule has 0 saturated carbocycles. The van der Waals surface area contributed by atoms with Crippen LogP contribution in [0.15, 0.2) is 30.3 Å². The van der Waals surface area contributed by atoms with Gasteiger partial charge in [0.15, 0.2) is 28.8 Å². The zero-order chi connectivity index (χ0) is 22.6. The Morgan fingerprint density at radius 1 is 0.839 bits per heavy atom. The molecule has 7 nitrogen and oxygen atoms in total. The molecule has 2 aromatic rings. The van der Waals surface area contributed by atoms with Crippen molar-refractivity contribution < 1.29 is 33.5 Å². The third-order valence-electron chi connectivity index (χ3n) is 5.88. The summed E-state index contributed by atoms with van der Waals surface area (Å²) in [6.07, 6.45) is -0.189. The maximum Gasteiger partial charge on any atom is 0.172 e. The fourth-order valence-electron chi connectivity index (χ4n) is 4.26. The van der Waals surface area contributed by atoms with Crippen molar-refractivity contribution in [3.8, 4) is 23.0 Å². The second kappa shape index (κ2) is 9.77. The smallest absolute Gasteiger partial charge is 0.172 e. The third-order valence-corrected chi connectivity index (χ3v) is 5.88. The second-order valence-electron chi connectivity index (χ2n) is 7.53. The Hall–Kier alpha value is -2.48. The summed E-state index contributed by atoms with van der Waals surface area (Å²) in [5.41, 5.74) is 2.24. The highest BCUT2D eigenvalue weighted by Crippen LogP contribution is 2.45. The lowest BCUT2D eigenvalue weighted by molar-refractivity contribution is -0.161. The highest BCUT2D eigenvalue weighted by atomic mass is 16.7. The van der Waals surface area contributed by atoms with Crippen LogP contribution in [0.25, 0.3) is 0 Å². The largest absolute Gasteiger partial charge is 0.493 e. The molecule has 170 valence electrons. The fraction of sp³-hybridized carbons (Fsp3) is 0.500. The van der Waals surface area contributed by atoms with Gasteiger partial charge in [-0.15, -0.1) is 0 Å². The predicted octanol–water partition coefficient (Wildman–Crippen LogP) is 4.06. The summed E-state index contributed by atoms with van der Waals surface area (Å²) < 4.78 is 33.8. The normalized spacial score (nSPS) is 17.1. The maximum atomic E-state index is 11.4. The van der Waals surface area contributed by atoms with Gasteiger partial charge in [-0.05, 0) is 54.3 Å². The molecule has 0 aromatic heterocycles. The van der Waals surface area contributed by atoms with Crippen LogP contribution in [0.4, 0.5) is 0 Å². The van der Waals surface area contributed by atoms with Crippen LogP contribution in [0.1, 0.15) is 49.0 Å². The van der Waals surface area contributed by atoms with Crippen LogP contribution in [0.5, 0.6) is 23.0 Å². The Morgan fingerprint density at radius 2 is 1.35 bits per heavy atom. The molecule has 7 heteroatoms. The number of aliphatic hydroxyl groups excluding tert-OH is 1. The molecular formula is C24H32O7. The predicted molar refractivity (Wildman–Crippen MR) is 116 cm³/mol. The van der Waals surface area contributed by atoms with E-state index in [4.69, 9.17) is 28.4 Å². The standard InChI is InChI=1S/C24H32O7/c1-7-18(24(2)30-10-11-31-24)16-13-21(28-5)22(29-6)14-17(16)23(25)15-8-9-19(26-3)20(12-15)27-4/h8-9,12-14,18,23,25H,7,10-11H2,1-6H3. The highest BCUT2D eigenvalue weighted by Gasteiger charge is 2.41. The SMILES string of the molecule is CCC(c1cc(OC)c(OC)cc1C(O)c1ccc(OC)c(OC)c1)C1(C)OCCO1. The molecule has 1 aliphatic rings. The zero-order valence-electron chi connectivity index (χ0n) is 19.1. The lowest BCUT2D eigenvalue weighted by atomic mass is 9.83. The van der Waals surface area contributed by atoms with E-state index in [2.05, 4.69) is 6.92 Å². The van der Waals surface area contributed by atoms with Crippen LogP contribution in [-0.4, -0.2) is 52.5 Å². The highest BCUT2D eigenvalue weighted by molar-refractivity contribution is 5.53. The van der Waals surface area contributed by atoms with E-state index in [1.807, 2.05) is 25.1 Å². The molecular weight excluding hydrogens is 400 g/mol. The molecule has 2 atom stereocenters. The monoisotopic (exact) mass is 432 g/mol. The first-order chi connectivity index (χ1) is 14.9. The quantitative estimate of drug-likeness (QED) is 0.640. The van der Waals surface area contributed by atoms with Crippen molar-refractivity contribution in [1.82, 2.24) is 0 Å². The Morgan fingerprint density at radius 3 is 1.87 bits per heavy atom. The van der Waals surface area contributed by atoms with E-state index in [9.17, 15) is 5.11 Å². The summed E-state index contributed by atoms with van der Waals surface area (Å²) in [7, 11) is 6.32. The average molecular weight is 433 g/mol. The molecule has 3 rings (SSSR count). The van der Waals surface area contributed by atoms with Crippen LogP contribution < -0.4 is 18.9 Å². The third kappa shape index (κ3) is 4.44. The number of methoxy groups -OCH3 is 4. The first-order valence-corrected chi connectivity index (χ1v) is 10.4. The van der Waals surface area contributed by atoms with Gasteiger partial charge in [0.1, 0.15) is 6.10 Å². The van der Waals surface area contributed by atoms with E-state index in [1.165, 1.54) is 0 Å². The molecule has 2 unspecified atom stereocenters. The van der Waals surface area contributed by atoms with E-state index in [-0.39, 0.29) is 5.92 Å². The van der Waals surface area contributed by atoms with Gasteiger partial charge >= 0.3 is 0 Å². The Balaban J connectivity index is 2.15. The summed E-state index contributed by atoms with van der Waals surface area (Å²) in [5, 5.41) is 11.4. The summed E-state index contributed by atoms with van der Waals surface area (Å²) in [6, 6.07) is 9.09. The van der Waals surface area contributed by atoms with Gasteiger partial charge in [0.2, 0.25) is 0 Å². The number of ether oxygens (including phenoxy) is 6. The van der Waals surface area contributed by atoms with Gasteiger partial charge in [-0.25, -0.2) is 0 Å². The van der Waals surface area contributed by atoms with Crippen molar-refractivity contribution in [2.24, 2.45) is 0 Å². The van der Waals surface area contributed by atoms with Gasteiger partial charge in [0.05, 0.1) is 41.7 Å². The molecule has 1 aliphatic heterocycles. The van der Waals surface area contributed by atoms with Gasteiger partial charge < -0.3 is 33.5 Å². The minimum atomic E-state index is -0.936. The van der Waals surface area contributed by atoms with E-state index in [1.54, 1.807) is 40.6 Å². The zero-order valence-corrected chi connectivity index (χ0v) is 19.1. The van der Waals surface area contributed by atoms with Gasteiger partial charge in [0.25, 0.3) is 0 Å². The van der Waals surface area contributed by atoms with Crippen LogP contribution in [-0.2, 0) is 9.47 Å². The lowest BCUT2D eigenvalue weighted by Crippen LogP contribution is -2.34. The summed E-state index contributed by atoms with van der Waals surface area (Å²) in [6.45, 7) is 5.09. The van der Waals surface area contributed by atoms with Gasteiger partial charge in [-0.2, -0.15) is 0 Å². The molecule has 0 spiro atoms. The Kier molecular flexibility index (Phi) is 7.30. The molecule has 0 bridgehead atoms. The molecule has 31 heavy (non-hydrogen) atoms. The van der Waals surface area contributed by atoms with Crippen molar-refractivity contribution in [3.05, 3.63) is 47.0 Å². The Labute approximate surface area is 183 Å². The molecule has 1 fully saturated rings. The number of hydrogen-bond acceptors (Lipinski definition) is 7. The number of hydrogen-bond donors (Lipinski definition) is 1. The van der Waals surface area contributed by atoms with Crippen molar-refractivity contribution >= 4 is 0 Å². The molecule has 0 aliphatic carbocycles. The number of aliphatic hydroxyl groups is 1. The number of benzene rings is 2. The van der Waals surface area contributed by atoms with Crippen LogP contribution in [0.3, 0.4) is 0 Å². The molecule has 1 heterocycles. The lowest BCUT2D eigenvalue weighted by Gasteiger charge is -2.34. The van der Waals surface area contributed by atoms with Crippen molar-refractivity contribution in [2.75, 3.05) is 41.7 Å². The molecule has 1 saturated heterocycles. The molecule has 0 amide bonds. The van der Waals surface area contributed by atoms with Crippen molar-refractivity contribution in [1.29, 1.82) is 0 Å². The molecule has 2 aromatic carbocycles.